The molecule has 2 aliphatic rings. The third-order valence-corrected chi connectivity index (χ3v) is 7.33. The lowest BCUT2D eigenvalue weighted by Gasteiger charge is -2.28. The maximum absolute atomic E-state index is 13.4. The van der Waals surface area contributed by atoms with Crippen molar-refractivity contribution in [1.82, 2.24) is 35.8 Å². The second kappa shape index (κ2) is 13.5. The Labute approximate surface area is 237 Å². The molecule has 41 heavy (non-hydrogen) atoms. The Morgan fingerprint density at radius 3 is 2.56 bits per heavy atom. The molecule has 1 fully saturated rings. The number of fused-ring (bicyclic) bond motifs is 1. The van der Waals surface area contributed by atoms with Gasteiger partial charge in [-0.3, -0.25) is 14.4 Å². The summed E-state index contributed by atoms with van der Waals surface area (Å²) in [7, 11) is 0. The number of benzene rings is 2. The van der Waals surface area contributed by atoms with Crippen LogP contribution >= 0.6 is 0 Å². The van der Waals surface area contributed by atoms with Gasteiger partial charge in [0, 0.05) is 45.3 Å². The summed E-state index contributed by atoms with van der Waals surface area (Å²) in [5, 5.41) is 17.4. The molecule has 2 aliphatic heterocycles. The fourth-order valence-corrected chi connectivity index (χ4v) is 5.02. The molecule has 1 atom stereocenters. The number of halogens is 1. The Hall–Kier alpha value is -4.16. The van der Waals surface area contributed by atoms with E-state index >= 15 is 0 Å². The highest BCUT2D eigenvalue weighted by Crippen LogP contribution is 2.14. The first kappa shape index (κ1) is 28.4. The summed E-state index contributed by atoms with van der Waals surface area (Å²) in [5.41, 5.74) is 2.72. The number of carbonyl (C=O) groups is 3. The molecule has 5 rings (SSSR count). The molecule has 0 saturated carbocycles. The summed E-state index contributed by atoms with van der Waals surface area (Å²) in [4.78, 5) is 41.4. The van der Waals surface area contributed by atoms with Crippen LogP contribution in [0.1, 0.15) is 29.7 Å². The first-order chi connectivity index (χ1) is 19.9. The van der Waals surface area contributed by atoms with Crippen LogP contribution in [-0.2, 0) is 38.5 Å². The highest BCUT2D eigenvalue weighted by atomic mass is 19.1. The molecule has 0 spiro atoms. The molecule has 3 aromatic rings. The van der Waals surface area contributed by atoms with Crippen LogP contribution < -0.4 is 16.0 Å². The first-order valence-electron chi connectivity index (χ1n) is 13.8. The Morgan fingerprint density at radius 2 is 1.78 bits per heavy atom. The molecule has 0 radical (unpaired) electrons. The highest BCUT2D eigenvalue weighted by Gasteiger charge is 2.27. The van der Waals surface area contributed by atoms with E-state index in [1.165, 1.54) is 16.8 Å². The highest BCUT2D eigenvalue weighted by molar-refractivity contribution is 5.91. The second-order valence-corrected chi connectivity index (χ2v) is 10.3. The Bertz CT molecular complexity index is 1360. The maximum atomic E-state index is 13.4. The number of nitrogens with one attached hydrogen (secondary N) is 3. The van der Waals surface area contributed by atoms with Crippen molar-refractivity contribution in [3.05, 3.63) is 77.4 Å². The van der Waals surface area contributed by atoms with Gasteiger partial charge in [-0.2, -0.15) is 0 Å². The average Bonchev–Trinajstić information content (AvgIpc) is 3.44. The summed E-state index contributed by atoms with van der Waals surface area (Å²) in [5.74, 6) is -1.34. The number of rotatable bonds is 7. The van der Waals surface area contributed by atoms with Crippen LogP contribution in [0.5, 0.6) is 0 Å². The van der Waals surface area contributed by atoms with E-state index in [1.807, 2.05) is 24.3 Å². The van der Waals surface area contributed by atoms with Gasteiger partial charge in [0.1, 0.15) is 11.9 Å². The van der Waals surface area contributed by atoms with E-state index in [1.54, 1.807) is 23.2 Å². The molecule has 1 aromatic heterocycles. The molecule has 3 amide bonds. The lowest BCUT2D eigenvalue weighted by atomic mass is 10.0. The van der Waals surface area contributed by atoms with E-state index in [2.05, 4.69) is 26.3 Å². The molecule has 3 heterocycles. The predicted octanol–water partition coefficient (Wildman–Crippen LogP) is 0.903. The third-order valence-electron chi connectivity index (χ3n) is 7.33. The van der Waals surface area contributed by atoms with Crippen molar-refractivity contribution in [3.8, 4) is 5.69 Å². The largest absolute Gasteiger partial charge is 0.381 e. The Kier molecular flexibility index (Phi) is 9.32. The SMILES string of the molecule is O=C1CN(CCNC2CCOCC2)C(=O)Cc2ccccc2CNC(=O)[C@@H](Cc2cn(-c3ccc(F)cc3)nn2)N1. The molecule has 0 unspecified atom stereocenters. The first-order valence-corrected chi connectivity index (χ1v) is 13.8. The summed E-state index contributed by atoms with van der Waals surface area (Å²) >= 11 is 0. The molecule has 2 aromatic carbocycles. The van der Waals surface area contributed by atoms with Gasteiger partial charge < -0.3 is 25.6 Å². The van der Waals surface area contributed by atoms with E-state index in [0.717, 1.165) is 24.0 Å². The predicted molar refractivity (Wildman–Crippen MR) is 147 cm³/mol. The Morgan fingerprint density at radius 1 is 1.02 bits per heavy atom. The lowest BCUT2D eigenvalue weighted by molar-refractivity contribution is -0.136. The fourth-order valence-electron chi connectivity index (χ4n) is 5.02. The molecule has 0 aliphatic carbocycles. The van der Waals surface area contributed by atoms with Crippen molar-refractivity contribution in [2.24, 2.45) is 0 Å². The van der Waals surface area contributed by atoms with E-state index in [4.69, 9.17) is 4.74 Å². The van der Waals surface area contributed by atoms with Crippen LogP contribution in [0.25, 0.3) is 5.69 Å². The van der Waals surface area contributed by atoms with Crippen molar-refractivity contribution in [2.75, 3.05) is 32.8 Å². The maximum Gasteiger partial charge on any atom is 0.243 e. The number of nitrogens with zero attached hydrogens (tertiary/aromatic N) is 4. The van der Waals surface area contributed by atoms with Crippen LogP contribution in [0, 0.1) is 5.82 Å². The van der Waals surface area contributed by atoms with Gasteiger partial charge in [-0.05, 0) is 48.2 Å². The van der Waals surface area contributed by atoms with Gasteiger partial charge in [-0.25, -0.2) is 9.07 Å². The molecule has 1 saturated heterocycles. The number of ether oxygens (including phenoxy) is 1. The van der Waals surface area contributed by atoms with Crippen LogP contribution in [-0.4, -0.2) is 82.5 Å². The van der Waals surface area contributed by atoms with Crippen molar-refractivity contribution in [3.63, 3.8) is 0 Å². The zero-order valence-corrected chi connectivity index (χ0v) is 22.7. The summed E-state index contributed by atoms with van der Waals surface area (Å²) in [6.45, 7) is 2.35. The van der Waals surface area contributed by atoms with Crippen molar-refractivity contribution < 1.29 is 23.5 Å². The minimum Gasteiger partial charge on any atom is -0.381 e. The van der Waals surface area contributed by atoms with E-state index in [0.29, 0.717) is 43.7 Å². The van der Waals surface area contributed by atoms with Crippen molar-refractivity contribution in [2.45, 2.75) is 44.3 Å². The zero-order chi connectivity index (χ0) is 28.6. The number of hydrogen-bond donors (Lipinski definition) is 3. The zero-order valence-electron chi connectivity index (χ0n) is 22.7. The van der Waals surface area contributed by atoms with E-state index in [9.17, 15) is 18.8 Å². The standard InChI is InChI=1S/C29H34FN7O4/c30-22-5-7-25(8-6-22)37-18-24(34-35-37)16-26-29(40)32-17-21-4-2-1-3-20(21)15-28(39)36(19-27(38)33-26)12-11-31-23-9-13-41-14-10-23/h1-8,18,23,26,31H,9-17,19H2,(H,32,40)(H,33,38)/t26-/m1/s1. The van der Waals surface area contributed by atoms with Crippen molar-refractivity contribution in [1.29, 1.82) is 0 Å². The third kappa shape index (κ3) is 7.74. The van der Waals surface area contributed by atoms with Crippen molar-refractivity contribution >= 4 is 17.7 Å². The minimum atomic E-state index is -0.940. The van der Waals surface area contributed by atoms with Gasteiger partial charge in [0.05, 0.1) is 30.5 Å². The fraction of sp³-hybridized carbons (Fsp3) is 0.414. The quantitative estimate of drug-likeness (QED) is 0.390. The topological polar surface area (TPSA) is 130 Å². The summed E-state index contributed by atoms with van der Waals surface area (Å²) in [6.07, 6.45) is 3.66. The second-order valence-electron chi connectivity index (χ2n) is 10.3. The van der Waals surface area contributed by atoms with Crippen LogP contribution in [0.15, 0.2) is 54.7 Å². The molecule has 216 valence electrons. The lowest BCUT2D eigenvalue weighted by Crippen LogP contribution is -2.52. The average molecular weight is 564 g/mol. The molecule has 3 N–H and O–H groups in total. The van der Waals surface area contributed by atoms with Gasteiger partial charge in [0.25, 0.3) is 0 Å². The summed E-state index contributed by atoms with van der Waals surface area (Å²) < 4.78 is 20.2. The monoisotopic (exact) mass is 563 g/mol. The normalized spacial score (nSPS) is 19.1. The Balaban J connectivity index is 1.32. The van der Waals surface area contributed by atoms with E-state index < -0.39 is 11.9 Å². The van der Waals surface area contributed by atoms with Gasteiger partial charge in [0.15, 0.2) is 0 Å². The number of hydrogen-bond acceptors (Lipinski definition) is 7. The minimum absolute atomic E-state index is 0.0830. The summed E-state index contributed by atoms with van der Waals surface area (Å²) in [6, 6.07) is 12.6. The molecule has 11 nitrogen and oxygen atoms in total. The molecule has 12 heteroatoms. The number of aromatic nitrogens is 3. The molecular formula is C29H34FN7O4. The molecular weight excluding hydrogens is 529 g/mol. The van der Waals surface area contributed by atoms with Crippen LogP contribution in [0.3, 0.4) is 0 Å². The smallest absolute Gasteiger partial charge is 0.243 e. The number of amides is 3. The molecule has 0 bridgehead atoms. The van der Waals surface area contributed by atoms with Gasteiger partial charge in [-0.1, -0.05) is 29.5 Å². The van der Waals surface area contributed by atoms with E-state index in [-0.39, 0.29) is 43.6 Å². The van der Waals surface area contributed by atoms with Gasteiger partial charge >= 0.3 is 0 Å². The van der Waals surface area contributed by atoms with Crippen LogP contribution in [0.4, 0.5) is 4.39 Å². The van der Waals surface area contributed by atoms with Gasteiger partial charge in [0.2, 0.25) is 17.7 Å². The number of carbonyl (C=O) groups excluding carboxylic acids is 3. The van der Waals surface area contributed by atoms with Crippen LogP contribution in [0.2, 0.25) is 0 Å². The van der Waals surface area contributed by atoms with Gasteiger partial charge in [-0.15, -0.1) is 5.10 Å².